The number of anilines is 1. The smallest absolute Gasteiger partial charge is 0.335 e. The van der Waals surface area contributed by atoms with E-state index in [4.69, 9.17) is 5.11 Å². The van der Waals surface area contributed by atoms with Crippen molar-refractivity contribution in [2.24, 2.45) is 10.2 Å². The van der Waals surface area contributed by atoms with E-state index < -0.39 is 5.97 Å². The zero-order valence-electron chi connectivity index (χ0n) is 21.2. The van der Waals surface area contributed by atoms with Gasteiger partial charge < -0.3 is 15.5 Å². The molecule has 0 unspecified atom stereocenters. The van der Waals surface area contributed by atoms with Crippen molar-refractivity contribution in [1.82, 2.24) is 0 Å². The maximum atomic E-state index is 12.4. The van der Waals surface area contributed by atoms with Gasteiger partial charge in [0.1, 0.15) is 5.75 Å². The van der Waals surface area contributed by atoms with Crippen molar-refractivity contribution in [2.75, 3.05) is 5.32 Å². The quantitative estimate of drug-likeness (QED) is 0.254. The average molecular weight is 488 g/mol. The van der Waals surface area contributed by atoms with E-state index in [2.05, 4.69) is 55.4 Å². The third kappa shape index (κ3) is 7.25. The van der Waals surface area contributed by atoms with Gasteiger partial charge in [0, 0.05) is 12.1 Å². The number of phenolic OH excluding ortho intramolecular Hbond substituents is 1. The molecule has 3 rings (SSSR count). The molecule has 0 spiro atoms. The molecule has 0 heterocycles. The lowest BCUT2D eigenvalue weighted by Gasteiger charge is -2.17. The van der Waals surface area contributed by atoms with Crippen molar-refractivity contribution < 1.29 is 19.8 Å². The van der Waals surface area contributed by atoms with E-state index in [-0.39, 0.29) is 23.3 Å². The molecule has 0 aliphatic carbocycles. The van der Waals surface area contributed by atoms with Crippen molar-refractivity contribution in [2.45, 2.75) is 58.8 Å². The molecule has 3 N–H and O–H groups in total. The number of carboxylic acid groups (broad SMARTS) is 1. The van der Waals surface area contributed by atoms with Gasteiger partial charge in [0.05, 0.1) is 16.9 Å². The minimum Gasteiger partial charge on any atom is -0.507 e. The molecule has 0 fully saturated rings. The van der Waals surface area contributed by atoms with Crippen LogP contribution in [0.4, 0.5) is 17.1 Å². The summed E-state index contributed by atoms with van der Waals surface area (Å²) in [6.45, 7) is 8.28. The third-order valence-corrected chi connectivity index (χ3v) is 5.89. The molecule has 7 nitrogen and oxygen atoms in total. The Morgan fingerprint density at radius 1 is 0.833 bits per heavy atom. The van der Waals surface area contributed by atoms with Crippen LogP contribution in [0.5, 0.6) is 5.75 Å². The number of phenols is 1. The fourth-order valence-corrected chi connectivity index (χ4v) is 3.84. The summed E-state index contributed by atoms with van der Waals surface area (Å²) in [6.07, 6.45) is 1.86. The fourth-order valence-electron chi connectivity index (χ4n) is 3.84. The molecule has 0 bridgehead atoms. The number of azo groups is 1. The zero-order chi connectivity index (χ0) is 26.2. The number of nitrogens with one attached hydrogen (secondary N) is 1. The minimum atomic E-state index is -0.989. The maximum Gasteiger partial charge on any atom is 0.335 e. The number of benzene rings is 3. The number of nitrogens with zero attached hydrogens (tertiary/aromatic N) is 2. The Bertz CT molecular complexity index is 1200. The van der Waals surface area contributed by atoms with E-state index in [1.807, 2.05) is 0 Å². The van der Waals surface area contributed by atoms with Gasteiger partial charge in [-0.1, -0.05) is 39.8 Å². The molecule has 7 heteroatoms. The highest BCUT2D eigenvalue weighted by atomic mass is 16.4. The molecule has 0 radical (unpaired) electrons. The normalized spacial score (nSPS) is 11.4. The summed E-state index contributed by atoms with van der Waals surface area (Å²) in [4.78, 5) is 23.4. The largest absolute Gasteiger partial charge is 0.507 e. The molecule has 1 amide bonds. The lowest BCUT2D eigenvalue weighted by molar-refractivity contribution is -0.116. The molecular weight excluding hydrogens is 454 g/mol. The van der Waals surface area contributed by atoms with Gasteiger partial charge in [-0.2, -0.15) is 10.2 Å². The first-order chi connectivity index (χ1) is 17.1. The number of aromatic hydroxyl groups is 1. The predicted molar refractivity (Wildman–Crippen MR) is 142 cm³/mol. The topological polar surface area (TPSA) is 111 Å². The summed E-state index contributed by atoms with van der Waals surface area (Å²) in [6, 6.07) is 17.3. The number of hydrogen-bond donors (Lipinski definition) is 3. The van der Waals surface area contributed by atoms with E-state index in [0.717, 1.165) is 23.1 Å². The first-order valence-corrected chi connectivity index (χ1v) is 12.1. The second-order valence-corrected chi connectivity index (χ2v) is 9.43. The first kappa shape index (κ1) is 26.6. The Labute approximate surface area is 211 Å². The van der Waals surface area contributed by atoms with Gasteiger partial charge in [0.15, 0.2) is 0 Å². The van der Waals surface area contributed by atoms with Crippen LogP contribution >= 0.6 is 0 Å². The van der Waals surface area contributed by atoms with Crippen LogP contribution in [0.25, 0.3) is 0 Å². The number of carbonyl (C=O) groups excluding carboxylic acids is 1. The Hall–Kier alpha value is -4.00. The minimum absolute atomic E-state index is 0.0603. The Morgan fingerprint density at radius 3 is 1.81 bits per heavy atom. The molecule has 3 aromatic carbocycles. The van der Waals surface area contributed by atoms with Gasteiger partial charge >= 0.3 is 5.97 Å². The van der Waals surface area contributed by atoms with Gasteiger partial charge in [-0.05, 0) is 89.9 Å². The van der Waals surface area contributed by atoms with Gasteiger partial charge in [-0.3, -0.25) is 4.79 Å². The second kappa shape index (κ2) is 12.1. The molecule has 0 aliphatic heterocycles. The Morgan fingerprint density at radius 2 is 1.33 bits per heavy atom. The fraction of sp³-hybridized carbons (Fsp3) is 0.310. The lowest BCUT2D eigenvalue weighted by Crippen LogP contribution is -2.11. The summed E-state index contributed by atoms with van der Waals surface area (Å²) in [7, 11) is 0. The molecule has 3 aromatic rings. The number of amides is 1. The van der Waals surface area contributed by atoms with Crippen molar-refractivity contribution in [3.05, 3.63) is 82.9 Å². The predicted octanol–water partition coefficient (Wildman–Crippen LogP) is 7.71. The van der Waals surface area contributed by atoms with Crippen molar-refractivity contribution in [3.63, 3.8) is 0 Å². The molecule has 0 saturated heterocycles. The van der Waals surface area contributed by atoms with Crippen LogP contribution < -0.4 is 5.32 Å². The molecular formula is C29H33N3O4. The number of carbonyl (C=O) groups is 2. The van der Waals surface area contributed by atoms with Gasteiger partial charge in [-0.15, -0.1) is 0 Å². The molecule has 0 aromatic heterocycles. The number of carboxylic acids is 1. The first-order valence-electron chi connectivity index (χ1n) is 12.1. The van der Waals surface area contributed by atoms with Gasteiger partial charge in [0.2, 0.25) is 5.91 Å². The lowest BCUT2D eigenvalue weighted by atomic mass is 9.90. The number of rotatable bonds is 10. The highest BCUT2D eigenvalue weighted by Crippen LogP contribution is 2.35. The van der Waals surface area contributed by atoms with Gasteiger partial charge in [0.25, 0.3) is 0 Å². The summed E-state index contributed by atoms with van der Waals surface area (Å²) >= 11 is 0. The van der Waals surface area contributed by atoms with Crippen LogP contribution in [0.15, 0.2) is 70.9 Å². The van der Waals surface area contributed by atoms with Crippen LogP contribution in [0.3, 0.4) is 0 Å². The average Bonchev–Trinajstić information content (AvgIpc) is 2.84. The molecule has 0 aliphatic rings. The molecule has 188 valence electrons. The van der Waals surface area contributed by atoms with Crippen molar-refractivity contribution in [1.29, 1.82) is 0 Å². The van der Waals surface area contributed by atoms with E-state index in [1.165, 1.54) is 12.1 Å². The highest BCUT2D eigenvalue weighted by molar-refractivity contribution is 5.90. The van der Waals surface area contributed by atoms with E-state index in [0.29, 0.717) is 35.7 Å². The number of hydrogen-bond acceptors (Lipinski definition) is 5. The maximum absolute atomic E-state index is 12.4. The van der Waals surface area contributed by atoms with E-state index >= 15 is 0 Å². The van der Waals surface area contributed by atoms with Crippen LogP contribution in [-0.2, 0) is 11.2 Å². The van der Waals surface area contributed by atoms with Crippen LogP contribution in [0.2, 0.25) is 0 Å². The number of aryl methyl sites for hydroxylation is 1. The molecule has 0 saturated carbocycles. The second-order valence-electron chi connectivity index (χ2n) is 9.43. The Balaban J connectivity index is 1.52. The molecule has 36 heavy (non-hydrogen) atoms. The van der Waals surface area contributed by atoms with E-state index in [1.54, 1.807) is 36.4 Å². The van der Waals surface area contributed by atoms with Crippen molar-refractivity contribution >= 4 is 28.9 Å². The Kier molecular flexibility index (Phi) is 8.95. The summed E-state index contributed by atoms with van der Waals surface area (Å²) in [5.74, 6) is -0.205. The third-order valence-electron chi connectivity index (χ3n) is 5.89. The van der Waals surface area contributed by atoms with E-state index in [9.17, 15) is 14.7 Å². The van der Waals surface area contributed by atoms with Crippen LogP contribution in [0.1, 0.15) is 79.4 Å². The summed E-state index contributed by atoms with van der Waals surface area (Å²) < 4.78 is 0. The summed E-state index contributed by atoms with van der Waals surface area (Å²) in [5.41, 5.74) is 5.08. The van der Waals surface area contributed by atoms with Gasteiger partial charge in [-0.25, -0.2) is 4.79 Å². The van der Waals surface area contributed by atoms with Crippen LogP contribution in [0, 0.1) is 0 Å². The standard InChI is InChI=1S/C29H33N3O4/c1-18(2)25-16-20(17-26(19(3)4)28(25)34)6-5-7-27(33)30-22-12-14-24(15-13-22)32-31-23-10-8-21(9-11-23)29(35)36/h8-19,34H,5-7H2,1-4H3,(H,30,33)(H,35,36). The SMILES string of the molecule is CC(C)c1cc(CCCC(=O)Nc2ccc(N=Nc3ccc(C(=O)O)cc3)cc2)cc(C(C)C)c1O. The van der Waals surface area contributed by atoms with Crippen molar-refractivity contribution in [3.8, 4) is 5.75 Å². The summed E-state index contributed by atoms with van der Waals surface area (Å²) in [5, 5.41) is 30.7. The van der Waals surface area contributed by atoms with Crippen LogP contribution in [-0.4, -0.2) is 22.1 Å². The highest BCUT2D eigenvalue weighted by Gasteiger charge is 2.15. The number of aromatic carboxylic acids is 1. The zero-order valence-corrected chi connectivity index (χ0v) is 21.2. The molecule has 0 atom stereocenters. The monoisotopic (exact) mass is 487 g/mol.